The van der Waals surface area contributed by atoms with Crippen molar-refractivity contribution in [2.75, 3.05) is 31.1 Å². The Morgan fingerprint density at radius 1 is 1.18 bits per heavy atom. The van der Waals surface area contributed by atoms with E-state index in [9.17, 15) is 4.79 Å². The number of piperidine rings is 1. The number of anilines is 1. The molecule has 0 radical (unpaired) electrons. The number of nitrogens with zero attached hydrogens (tertiary/aromatic N) is 3. The van der Waals surface area contributed by atoms with Gasteiger partial charge in [0.25, 0.3) is 0 Å². The Labute approximate surface area is 166 Å². The van der Waals surface area contributed by atoms with Crippen LogP contribution in [0.15, 0.2) is 30.5 Å². The van der Waals surface area contributed by atoms with Gasteiger partial charge in [-0.05, 0) is 63.8 Å². The molecule has 1 unspecified atom stereocenters. The van der Waals surface area contributed by atoms with Crippen molar-refractivity contribution in [1.29, 1.82) is 0 Å². The molecule has 6 heteroatoms. The maximum atomic E-state index is 12.5. The second-order valence-electron chi connectivity index (χ2n) is 7.94. The molecule has 0 aromatic carbocycles. The van der Waals surface area contributed by atoms with Gasteiger partial charge in [0.05, 0.1) is 11.8 Å². The zero-order valence-corrected chi connectivity index (χ0v) is 16.9. The fraction of sp³-hybridized carbons (Fsp3) is 0.545. The summed E-state index contributed by atoms with van der Waals surface area (Å²) in [5.74, 6) is 1.26. The van der Waals surface area contributed by atoms with E-state index in [-0.39, 0.29) is 17.9 Å². The molecule has 0 saturated carbocycles. The third-order valence-corrected chi connectivity index (χ3v) is 5.97. The Kier molecular flexibility index (Phi) is 5.67. The van der Waals surface area contributed by atoms with Crippen molar-refractivity contribution >= 4 is 11.7 Å². The maximum absolute atomic E-state index is 12.5. The first-order valence-corrected chi connectivity index (χ1v) is 10.4. The minimum Gasteiger partial charge on any atom is -0.376 e. The van der Waals surface area contributed by atoms with Gasteiger partial charge in [0.15, 0.2) is 5.82 Å². The fourth-order valence-corrected chi connectivity index (χ4v) is 4.37. The summed E-state index contributed by atoms with van der Waals surface area (Å²) in [5, 5.41) is 3.10. The predicted octanol–water partition coefficient (Wildman–Crippen LogP) is 3.00. The van der Waals surface area contributed by atoms with Crippen molar-refractivity contribution in [3.05, 3.63) is 41.9 Å². The van der Waals surface area contributed by atoms with Gasteiger partial charge in [-0.25, -0.2) is 4.98 Å². The molecule has 2 aromatic rings. The van der Waals surface area contributed by atoms with Crippen LogP contribution in [0.5, 0.6) is 0 Å². The highest BCUT2D eigenvalue weighted by Gasteiger charge is 2.28. The molecule has 1 atom stereocenters. The zero-order valence-electron chi connectivity index (χ0n) is 16.9. The quantitative estimate of drug-likeness (QED) is 0.864. The first kappa shape index (κ1) is 19.0. The van der Waals surface area contributed by atoms with Crippen molar-refractivity contribution < 1.29 is 9.53 Å². The van der Waals surface area contributed by atoms with E-state index in [4.69, 9.17) is 4.74 Å². The Hall–Kier alpha value is -2.34. The summed E-state index contributed by atoms with van der Waals surface area (Å²) in [6.45, 7) is 7.41. The molecule has 1 amide bonds. The van der Waals surface area contributed by atoms with E-state index in [0.29, 0.717) is 6.54 Å². The molecule has 0 spiro atoms. The number of hydrogen-bond donors (Lipinski definition) is 1. The number of aromatic nitrogens is 2. The van der Waals surface area contributed by atoms with E-state index in [1.165, 1.54) is 11.4 Å². The molecule has 4 rings (SSSR count). The normalized spacial score (nSPS) is 20.5. The van der Waals surface area contributed by atoms with Crippen LogP contribution in [0.1, 0.15) is 37.1 Å². The Morgan fingerprint density at radius 2 is 1.93 bits per heavy atom. The molecule has 0 aliphatic carbocycles. The van der Waals surface area contributed by atoms with Crippen LogP contribution in [-0.4, -0.2) is 47.8 Å². The molecule has 0 bridgehead atoms. The van der Waals surface area contributed by atoms with Crippen molar-refractivity contribution in [2.24, 2.45) is 5.92 Å². The molecule has 2 saturated heterocycles. The lowest BCUT2D eigenvalue weighted by atomic mass is 9.95. The number of amides is 1. The highest BCUT2D eigenvalue weighted by Crippen LogP contribution is 2.29. The van der Waals surface area contributed by atoms with Crippen LogP contribution in [0.3, 0.4) is 0 Å². The second-order valence-corrected chi connectivity index (χ2v) is 7.94. The molecule has 150 valence electrons. The van der Waals surface area contributed by atoms with Crippen LogP contribution < -0.4 is 10.2 Å². The molecule has 2 aromatic heterocycles. The van der Waals surface area contributed by atoms with Crippen LogP contribution in [0.25, 0.3) is 5.69 Å². The molecule has 28 heavy (non-hydrogen) atoms. The van der Waals surface area contributed by atoms with Crippen molar-refractivity contribution in [1.82, 2.24) is 14.9 Å². The Morgan fingerprint density at radius 3 is 2.61 bits per heavy atom. The number of carbonyl (C=O) groups is 1. The van der Waals surface area contributed by atoms with Crippen LogP contribution in [0.2, 0.25) is 0 Å². The van der Waals surface area contributed by atoms with Gasteiger partial charge < -0.3 is 19.5 Å². The molecule has 2 fully saturated rings. The molecular formula is C22H30N4O2. The number of rotatable bonds is 5. The molecular weight excluding hydrogens is 352 g/mol. The number of pyridine rings is 1. The number of carbonyl (C=O) groups excluding carboxylic acids is 1. The highest BCUT2D eigenvalue weighted by molar-refractivity contribution is 5.79. The van der Waals surface area contributed by atoms with Gasteiger partial charge >= 0.3 is 0 Å². The molecule has 4 heterocycles. The van der Waals surface area contributed by atoms with Crippen LogP contribution in [0, 0.1) is 19.8 Å². The van der Waals surface area contributed by atoms with Gasteiger partial charge in [-0.1, -0.05) is 0 Å². The predicted molar refractivity (Wildman–Crippen MR) is 110 cm³/mol. The van der Waals surface area contributed by atoms with Crippen molar-refractivity contribution in [2.45, 2.75) is 45.6 Å². The third kappa shape index (κ3) is 3.92. The molecule has 2 aliphatic heterocycles. The first-order valence-electron chi connectivity index (χ1n) is 10.4. The average molecular weight is 383 g/mol. The second kappa shape index (κ2) is 8.35. The number of aryl methyl sites for hydroxylation is 2. The zero-order chi connectivity index (χ0) is 19.5. The summed E-state index contributed by atoms with van der Waals surface area (Å²) in [7, 11) is 0. The van der Waals surface area contributed by atoms with E-state index in [0.717, 1.165) is 56.9 Å². The lowest BCUT2D eigenvalue weighted by Crippen LogP contribution is -2.42. The summed E-state index contributed by atoms with van der Waals surface area (Å²) >= 11 is 0. The standard InChI is InChI=1S/C22H30N4O2/c1-16-7-8-17(2)26(16)20-6-3-11-23-21(20)25-12-9-18(10-13-25)22(27)24-15-19-5-4-14-28-19/h3,6-8,11,18-19H,4-5,9-10,12-15H2,1-2H3,(H,24,27). The average Bonchev–Trinajstić information content (AvgIpc) is 3.36. The largest absolute Gasteiger partial charge is 0.376 e. The van der Waals surface area contributed by atoms with Gasteiger partial charge in [0, 0.05) is 49.7 Å². The van der Waals surface area contributed by atoms with Crippen LogP contribution >= 0.6 is 0 Å². The van der Waals surface area contributed by atoms with E-state index in [2.05, 4.69) is 51.8 Å². The molecule has 6 nitrogen and oxygen atoms in total. The summed E-state index contributed by atoms with van der Waals surface area (Å²) in [6, 6.07) is 8.39. The smallest absolute Gasteiger partial charge is 0.223 e. The van der Waals surface area contributed by atoms with Gasteiger partial charge in [-0.3, -0.25) is 4.79 Å². The summed E-state index contributed by atoms with van der Waals surface area (Å²) in [5.41, 5.74) is 3.52. The minimum absolute atomic E-state index is 0.0832. The lowest BCUT2D eigenvalue weighted by Gasteiger charge is -2.33. The SMILES string of the molecule is Cc1ccc(C)n1-c1cccnc1N1CCC(C(=O)NCC2CCCO2)CC1. The van der Waals surface area contributed by atoms with Crippen molar-refractivity contribution in [3.63, 3.8) is 0 Å². The van der Waals surface area contributed by atoms with E-state index < -0.39 is 0 Å². The topological polar surface area (TPSA) is 59.4 Å². The Bertz CT molecular complexity index is 798. The summed E-state index contributed by atoms with van der Waals surface area (Å²) < 4.78 is 7.85. The van der Waals surface area contributed by atoms with E-state index >= 15 is 0 Å². The van der Waals surface area contributed by atoms with E-state index in [1.54, 1.807) is 0 Å². The van der Waals surface area contributed by atoms with Crippen LogP contribution in [-0.2, 0) is 9.53 Å². The van der Waals surface area contributed by atoms with Gasteiger partial charge in [0.1, 0.15) is 0 Å². The van der Waals surface area contributed by atoms with Crippen LogP contribution in [0.4, 0.5) is 5.82 Å². The number of nitrogens with one attached hydrogen (secondary N) is 1. The van der Waals surface area contributed by atoms with Gasteiger partial charge in [-0.2, -0.15) is 0 Å². The first-order chi connectivity index (χ1) is 13.6. The van der Waals surface area contributed by atoms with Gasteiger partial charge in [-0.15, -0.1) is 0 Å². The van der Waals surface area contributed by atoms with Gasteiger partial charge in [0.2, 0.25) is 5.91 Å². The summed E-state index contributed by atoms with van der Waals surface area (Å²) in [4.78, 5) is 19.5. The fourth-order valence-electron chi connectivity index (χ4n) is 4.37. The molecule has 2 aliphatic rings. The lowest BCUT2D eigenvalue weighted by molar-refractivity contribution is -0.126. The maximum Gasteiger partial charge on any atom is 0.223 e. The highest BCUT2D eigenvalue weighted by atomic mass is 16.5. The Balaban J connectivity index is 1.40. The number of ether oxygens (including phenoxy) is 1. The minimum atomic E-state index is 0.0832. The third-order valence-electron chi connectivity index (χ3n) is 5.97. The number of hydrogen-bond acceptors (Lipinski definition) is 4. The van der Waals surface area contributed by atoms with E-state index in [1.807, 2.05) is 12.3 Å². The monoisotopic (exact) mass is 382 g/mol. The van der Waals surface area contributed by atoms with Crippen molar-refractivity contribution in [3.8, 4) is 5.69 Å². The summed E-state index contributed by atoms with van der Waals surface area (Å²) in [6.07, 6.45) is 5.93. The molecule has 1 N–H and O–H groups in total.